The highest BCUT2D eigenvalue weighted by Gasteiger charge is 2.14. The number of fused-ring (bicyclic) bond motifs is 1. The molecule has 0 radical (unpaired) electrons. The highest BCUT2D eigenvalue weighted by atomic mass is 16.5. The van der Waals surface area contributed by atoms with Gasteiger partial charge in [0, 0.05) is 29.5 Å². The van der Waals surface area contributed by atoms with E-state index < -0.39 is 5.91 Å². The molecule has 0 aliphatic rings. The molecule has 0 unspecified atom stereocenters. The molecule has 8 heteroatoms. The number of carbonyl (C=O) groups excluding carboxylic acids is 2. The van der Waals surface area contributed by atoms with Gasteiger partial charge in [0.2, 0.25) is 0 Å². The van der Waals surface area contributed by atoms with E-state index >= 15 is 0 Å². The quantitative estimate of drug-likeness (QED) is 0.295. The van der Waals surface area contributed by atoms with Crippen LogP contribution in [0.25, 0.3) is 10.8 Å². The third-order valence-corrected chi connectivity index (χ3v) is 5.63. The first-order valence-electron chi connectivity index (χ1n) is 11.5. The van der Waals surface area contributed by atoms with Crippen molar-refractivity contribution in [1.82, 2.24) is 9.78 Å². The molecule has 36 heavy (non-hydrogen) atoms. The Labute approximate surface area is 207 Å². The van der Waals surface area contributed by atoms with E-state index in [2.05, 4.69) is 15.7 Å². The topological polar surface area (TPSA) is 98.4 Å². The first-order chi connectivity index (χ1) is 17.6. The monoisotopic (exact) mass is 480 g/mol. The van der Waals surface area contributed by atoms with Crippen LogP contribution < -0.4 is 15.4 Å². The molecule has 0 aliphatic carbocycles. The molecule has 3 aromatic carbocycles. The lowest BCUT2D eigenvalue weighted by Gasteiger charge is -2.09. The zero-order chi connectivity index (χ0) is 24.9. The van der Waals surface area contributed by atoms with Gasteiger partial charge in [0.1, 0.15) is 23.8 Å². The van der Waals surface area contributed by atoms with Gasteiger partial charge >= 0.3 is 0 Å². The molecular weight excluding hydrogens is 456 g/mol. The summed E-state index contributed by atoms with van der Waals surface area (Å²) in [5.74, 6) is 0.754. The number of ether oxygens (including phenoxy) is 1. The maximum Gasteiger partial charge on any atom is 0.291 e. The number of aryl methyl sites for hydroxylation is 1. The lowest BCUT2D eigenvalue weighted by atomic mass is 10.1. The number of hydrogen-bond acceptors (Lipinski definition) is 5. The fraction of sp³-hybridized carbons (Fsp3) is 0.107. The average Bonchev–Trinajstić information content (AvgIpc) is 3.57. The summed E-state index contributed by atoms with van der Waals surface area (Å²) in [6, 6.07) is 25.7. The molecule has 0 bridgehead atoms. The minimum Gasteiger partial charge on any atom is -0.485 e. The van der Waals surface area contributed by atoms with Crippen molar-refractivity contribution < 1.29 is 18.7 Å². The fourth-order valence-corrected chi connectivity index (χ4v) is 3.89. The molecule has 2 amide bonds. The summed E-state index contributed by atoms with van der Waals surface area (Å²) in [6.45, 7) is 2.69. The molecule has 2 aromatic heterocycles. The van der Waals surface area contributed by atoms with Gasteiger partial charge in [-0.3, -0.25) is 14.3 Å². The third kappa shape index (κ3) is 4.97. The van der Waals surface area contributed by atoms with Crippen molar-refractivity contribution in [1.29, 1.82) is 0 Å². The van der Waals surface area contributed by atoms with Gasteiger partial charge in [-0.1, -0.05) is 42.5 Å². The summed E-state index contributed by atoms with van der Waals surface area (Å²) in [4.78, 5) is 25.3. The van der Waals surface area contributed by atoms with E-state index in [9.17, 15) is 9.59 Å². The minimum atomic E-state index is -0.404. The number of anilines is 2. The largest absolute Gasteiger partial charge is 0.485 e. The van der Waals surface area contributed by atoms with Gasteiger partial charge in [-0.15, -0.1) is 0 Å². The summed E-state index contributed by atoms with van der Waals surface area (Å²) in [6.07, 6.45) is 1.58. The normalized spacial score (nSPS) is 10.8. The molecule has 180 valence electrons. The van der Waals surface area contributed by atoms with Gasteiger partial charge in [0.05, 0.1) is 0 Å². The Hall–Kier alpha value is -4.85. The lowest BCUT2D eigenvalue weighted by Crippen LogP contribution is -2.17. The predicted octanol–water partition coefficient (Wildman–Crippen LogP) is 5.73. The number of amides is 2. The van der Waals surface area contributed by atoms with Crippen LogP contribution in [0.1, 0.15) is 33.7 Å². The molecule has 0 fully saturated rings. The van der Waals surface area contributed by atoms with Gasteiger partial charge in [-0.05, 0) is 54.8 Å². The van der Waals surface area contributed by atoms with E-state index in [-0.39, 0.29) is 18.3 Å². The van der Waals surface area contributed by atoms with E-state index in [4.69, 9.17) is 9.15 Å². The maximum absolute atomic E-state index is 12.7. The molecular formula is C28H24N4O4. The number of carbonyl (C=O) groups is 2. The van der Waals surface area contributed by atoms with Crippen LogP contribution in [-0.2, 0) is 13.2 Å². The molecule has 0 atom stereocenters. The second-order valence-electron chi connectivity index (χ2n) is 8.05. The number of furan rings is 1. The Morgan fingerprint density at radius 2 is 1.64 bits per heavy atom. The Kier molecular flexibility index (Phi) is 6.48. The molecule has 2 heterocycles. The Bertz CT molecular complexity index is 1530. The zero-order valence-corrected chi connectivity index (χ0v) is 19.6. The van der Waals surface area contributed by atoms with Crippen molar-refractivity contribution in [2.24, 2.45) is 0 Å². The SMILES string of the molecule is CCn1nccc1C(=O)Nc1cccc(NC(=O)c2ccc(COc3cccc4ccccc34)o2)c1. The van der Waals surface area contributed by atoms with Crippen molar-refractivity contribution in [3.63, 3.8) is 0 Å². The van der Waals surface area contributed by atoms with Crippen LogP contribution in [0.5, 0.6) is 5.75 Å². The van der Waals surface area contributed by atoms with Gasteiger partial charge in [0.25, 0.3) is 11.8 Å². The number of nitrogens with zero attached hydrogens (tertiary/aromatic N) is 2. The molecule has 5 rings (SSSR count). The average molecular weight is 481 g/mol. The summed E-state index contributed by atoms with van der Waals surface area (Å²) >= 11 is 0. The second kappa shape index (κ2) is 10.2. The third-order valence-electron chi connectivity index (χ3n) is 5.63. The smallest absolute Gasteiger partial charge is 0.291 e. The van der Waals surface area contributed by atoms with E-state index in [0.29, 0.717) is 29.4 Å². The van der Waals surface area contributed by atoms with E-state index in [1.807, 2.05) is 49.4 Å². The first kappa shape index (κ1) is 22.9. The Balaban J connectivity index is 1.21. The van der Waals surface area contributed by atoms with Crippen LogP contribution in [0.4, 0.5) is 11.4 Å². The highest BCUT2D eigenvalue weighted by Crippen LogP contribution is 2.26. The van der Waals surface area contributed by atoms with E-state index in [0.717, 1.165) is 16.5 Å². The van der Waals surface area contributed by atoms with Crippen LogP contribution in [0.3, 0.4) is 0 Å². The number of nitrogens with one attached hydrogen (secondary N) is 2. The van der Waals surface area contributed by atoms with Crippen molar-refractivity contribution in [2.45, 2.75) is 20.1 Å². The van der Waals surface area contributed by atoms with Crippen molar-refractivity contribution in [2.75, 3.05) is 10.6 Å². The molecule has 0 saturated heterocycles. The van der Waals surface area contributed by atoms with Gasteiger partial charge < -0.3 is 19.8 Å². The maximum atomic E-state index is 12.7. The van der Waals surface area contributed by atoms with Crippen molar-refractivity contribution in [3.05, 3.63) is 108 Å². The molecule has 8 nitrogen and oxygen atoms in total. The lowest BCUT2D eigenvalue weighted by molar-refractivity contribution is 0.0990. The van der Waals surface area contributed by atoms with Crippen LogP contribution in [-0.4, -0.2) is 21.6 Å². The Morgan fingerprint density at radius 3 is 2.47 bits per heavy atom. The summed E-state index contributed by atoms with van der Waals surface area (Å²) in [7, 11) is 0. The molecule has 0 saturated carbocycles. The zero-order valence-electron chi connectivity index (χ0n) is 19.6. The number of benzene rings is 3. The second-order valence-corrected chi connectivity index (χ2v) is 8.05. The van der Waals surface area contributed by atoms with E-state index in [1.165, 1.54) is 0 Å². The van der Waals surface area contributed by atoms with Crippen LogP contribution >= 0.6 is 0 Å². The first-order valence-corrected chi connectivity index (χ1v) is 11.5. The van der Waals surface area contributed by atoms with Crippen LogP contribution in [0.2, 0.25) is 0 Å². The van der Waals surface area contributed by atoms with Crippen LogP contribution in [0.15, 0.2) is 95.5 Å². The molecule has 0 spiro atoms. The van der Waals surface area contributed by atoms with Gasteiger partial charge in [-0.25, -0.2) is 0 Å². The number of hydrogen-bond donors (Lipinski definition) is 2. The summed E-state index contributed by atoms with van der Waals surface area (Å²) in [5, 5.41) is 11.8. The molecule has 2 N–H and O–H groups in total. The van der Waals surface area contributed by atoms with Gasteiger partial charge in [0.15, 0.2) is 5.76 Å². The summed E-state index contributed by atoms with van der Waals surface area (Å²) in [5.41, 5.74) is 1.53. The highest BCUT2D eigenvalue weighted by molar-refractivity contribution is 6.05. The minimum absolute atomic E-state index is 0.160. The number of rotatable bonds is 8. The summed E-state index contributed by atoms with van der Waals surface area (Å²) < 4.78 is 13.3. The standard InChI is InChI=1S/C28H24N4O4/c1-2-32-24(15-16-29-32)27(33)30-20-9-6-10-21(17-20)31-28(34)26-14-13-22(36-26)18-35-25-12-5-8-19-7-3-4-11-23(19)25/h3-17H,2,18H2,1H3,(H,30,33)(H,31,34). The number of aromatic nitrogens is 2. The van der Waals surface area contributed by atoms with E-state index in [1.54, 1.807) is 53.3 Å². The fourth-order valence-electron chi connectivity index (χ4n) is 3.89. The van der Waals surface area contributed by atoms with Gasteiger partial charge in [-0.2, -0.15) is 5.10 Å². The molecule has 5 aromatic rings. The predicted molar refractivity (Wildman–Crippen MR) is 137 cm³/mol. The Morgan fingerprint density at radius 1 is 0.889 bits per heavy atom. The van der Waals surface area contributed by atoms with Crippen molar-refractivity contribution in [3.8, 4) is 5.75 Å². The molecule has 0 aliphatic heterocycles. The van der Waals surface area contributed by atoms with Crippen LogP contribution in [0, 0.1) is 0 Å². The van der Waals surface area contributed by atoms with Crippen molar-refractivity contribution >= 4 is 34.0 Å².